The van der Waals surface area contributed by atoms with E-state index in [9.17, 15) is 0 Å². The molecule has 2 saturated heterocycles. The van der Waals surface area contributed by atoms with E-state index in [0.717, 1.165) is 22.9 Å². The number of pyridine rings is 1. The van der Waals surface area contributed by atoms with Crippen LogP contribution in [0.25, 0.3) is 0 Å². The van der Waals surface area contributed by atoms with Gasteiger partial charge in [0.05, 0.1) is 4.47 Å². The average molecular weight is 296 g/mol. The molecule has 0 amide bonds. The first-order valence-electron chi connectivity index (χ1n) is 6.37. The molecule has 2 aliphatic heterocycles. The van der Waals surface area contributed by atoms with E-state index in [0.29, 0.717) is 6.04 Å². The van der Waals surface area contributed by atoms with Crippen molar-refractivity contribution in [1.82, 2.24) is 9.88 Å². The van der Waals surface area contributed by atoms with Gasteiger partial charge >= 0.3 is 0 Å². The van der Waals surface area contributed by atoms with Crippen LogP contribution in [0.15, 0.2) is 22.8 Å². The minimum Gasteiger partial charge on any atom is -0.350 e. The molecule has 1 aromatic heterocycles. The van der Waals surface area contributed by atoms with Crippen LogP contribution in [0.1, 0.15) is 19.8 Å². The van der Waals surface area contributed by atoms with Crippen molar-refractivity contribution in [3.63, 3.8) is 0 Å². The third-order valence-electron chi connectivity index (χ3n) is 3.95. The standard InChI is InChI=1S/C13H18BrN3/c1-10-8-16-7-3-4-11(16)9-17(10)13-12(14)5-2-6-15-13/h2,5-6,10-11H,3-4,7-9H2,1H3. The lowest BCUT2D eigenvalue weighted by Gasteiger charge is -2.43. The maximum absolute atomic E-state index is 4.53. The van der Waals surface area contributed by atoms with Gasteiger partial charge in [-0.25, -0.2) is 4.98 Å². The first-order chi connectivity index (χ1) is 8.25. The van der Waals surface area contributed by atoms with Crippen molar-refractivity contribution in [2.45, 2.75) is 31.8 Å². The van der Waals surface area contributed by atoms with Crippen LogP contribution >= 0.6 is 15.9 Å². The summed E-state index contributed by atoms with van der Waals surface area (Å²) in [7, 11) is 0. The van der Waals surface area contributed by atoms with E-state index in [-0.39, 0.29) is 0 Å². The molecular weight excluding hydrogens is 278 g/mol. The highest BCUT2D eigenvalue weighted by atomic mass is 79.9. The minimum atomic E-state index is 0.551. The molecular formula is C13H18BrN3. The third-order valence-corrected chi connectivity index (χ3v) is 4.57. The SMILES string of the molecule is CC1CN2CCCC2CN1c1ncccc1Br. The largest absolute Gasteiger partial charge is 0.350 e. The Balaban J connectivity index is 1.85. The molecule has 17 heavy (non-hydrogen) atoms. The van der Waals surface area contributed by atoms with Crippen molar-refractivity contribution in [2.75, 3.05) is 24.5 Å². The zero-order valence-electron chi connectivity index (χ0n) is 10.1. The van der Waals surface area contributed by atoms with Gasteiger partial charge in [-0.05, 0) is 54.4 Å². The smallest absolute Gasteiger partial charge is 0.143 e. The van der Waals surface area contributed by atoms with Crippen molar-refractivity contribution in [3.8, 4) is 0 Å². The summed E-state index contributed by atoms with van der Waals surface area (Å²) in [5.74, 6) is 1.10. The average Bonchev–Trinajstić information content (AvgIpc) is 2.76. The highest BCUT2D eigenvalue weighted by molar-refractivity contribution is 9.10. The van der Waals surface area contributed by atoms with E-state index in [4.69, 9.17) is 0 Å². The number of rotatable bonds is 1. The normalized spacial score (nSPS) is 29.4. The molecule has 3 nitrogen and oxygen atoms in total. The number of fused-ring (bicyclic) bond motifs is 1. The number of nitrogens with zero attached hydrogens (tertiary/aromatic N) is 3. The Bertz CT molecular complexity index is 409. The fourth-order valence-corrected chi connectivity index (χ4v) is 3.55. The van der Waals surface area contributed by atoms with Crippen LogP contribution in [0.4, 0.5) is 5.82 Å². The van der Waals surface area contributed by atoms with Gasteiger partial charge in [-0.3, -0.25) is 4.90 Å². The van der Waals surface area contributed by atoms with Crippen molar-refractivity contribution in [1.29, 1.82) is 0 Å². The Morgan fingerprint density at radius 3 is 3.12 bits per heavy atom. The lowest BCUT2D eigenvalue weighted by molar-refractivity contribution is 0.202. The summed E-state index contributed by atoms with van der Waals surface area (Å²) in [5.41, 5.74) is 0. The summed E-state index contributed by atoms with van der Waals surface area (Å²) < 4.78 is 1.11. The van der Waals surface area contributed by atoms with Gasteiger partial charge in [-0.2, -0.15) is 0 Å². The Kier molecular flexibility index (Phi) is 3.09. The second-order valence-electron chi connectivity index (χ2n) is 5.10. The van der Waals surface area contributed by atoms with Crippen LogP contribution < -0.4 is 4.90 Å². The van der Waals surface area contributed by atoms with E-state index in [1.54, 1.807) is 0 Å². The van der Waals surface area contributed by atoms with Gasteiger partial charge in [-0.1, -0.05) is 0 Å². The summed E-state index contributed by atoms with van der Waals surface area (Å²) in [6.07, 6.45) is 4.58. The highest BCUT2D eigenvalue weighted by Gasteiger charge is 2.35. The van der Waals surface area contributed by atoms with E-state index >= 15 is 0 Å². The zero-order valence-corrected chi connectivity index (χ0v) is 11.7. The Labute approximate surface area is 111 Å². The minimum absolute atomic E-state index is 0.551. The number of anilines is 1. The number of halogens is 1. The second kappa shape index (κ2) is 4.58. The van der Waals surface area contributed by atoms with Crippen LogP contribution in [-0.2, 0) is 0 Å². The van der Waals surface area contributed by atoms with E-state index in [2.05, 4.69) is 43.7 Å². The highest BCUT2D eigenvalue weighted by Crippen LogP contribution is 2.31. The van der Waals surface area contributed by atoms with Gasteiger partial charge in [0.2, 0.25) is 0 Å². The molecule has 0 radical (unpaired) electrons. The van der Waals surface area contributed by atoms with Crippen LogP contribution in [0.5, 0.6) is 0 Å². The molecule has 0 aromatic carbocycles. The molecule has 2 unspecified atom stereocenters. The quantitative estimate of drug-likeness (QED) is 0.794. The van der Waals surface area contributed by atoms with E-state index in [1.807, 2.05) is 12.3 Å². The maximum atomic E-state index is 4.53. The molecule has 0 aliphatic carbocycles. The van der Waals surface area contributed by atoms with Crippen LogP contribution in [0.2, 0.25) is 0 Å². The Hall–Kier alpha value is -0.610. The van der Waals surface area contributed by atoms with Crippen molar-refractivity contribution in [2.24, 2.45) is 0 Å². The summed E-state index contributed by atoms with van der Waals surface area (Å²) in [6, 6.07) is 5.34. The number of aromatic nitrogens is 1. The number of piperazine rings is 1. The van der Waals surface area contributed by atoms with E-state index in [1.165, 1.54) is 25.9 Å². The second-order valence-corrected chi connectivity index (χ2v) is 5.96. The molecule has 2 fully saturated rings. The molecule has 0 N–H and O–H groups in total. The monoisotopic (exact) mass is 295 g/mol. The fraction of sp³-hybridized carbons (Fsp3) is 0.615. The van der Waals surface area contributed by atoms with E-state index < -0.39 is 0 Å². The number of hydrogen-bond donors (Lipinski definition) is 0. The molecule has 3 heterocycles. The van der Waals surface area contributed by atoms with Gasteiger partial charge in [0.15, 0.2) is 0 Å². The zero-order chi connectivity index (χ0) is 11.8. The lowest BCUT2D eigenvalue weighted by atomic mass is 10.1. The summed E-state index contributed by atoms with van der Waals surface area (Å²) in [6.45, 7) is 5.88. The molecule has 92 valence electrons. The molecule has 2 atom stereocenters. The molecule has 4 heteroatoms. The Morgan fingerprint density at radius 1 is 1.41 bits per heavy atom. The Morgan fingerprint density at radius 2 is 2.29 bits per heavy atom. The van der Waals surface area contributed by atoms with Gasteiger partial charge < -0.3 is 4.90 Å². The molecule has 2 aliphatic rings. The predicted molar refractivity (Wildman–Crippen MR) is 73.3 cm³/mol. The summed E-state index contributed by atoms with van der Waals surface area (Å²) >= 11 is 3.61. The van der Waals surface area contributed by atoms with Gasteiger partial charge in [0.25, 0.3) is 0 Å². The number of hydrogen-bond acceptors (Lipinski definition) is 3. The lowest BCUT2D eigenvalue weighted by Crippen LogP contribution is -2.55. The maximum Gasteiger partial charge on any atom is 0.143 e. The van der Waals surface area contributed by atoms with Crippen molar-refractivity contribution >= 4 is 21.7 Å². The van der Waals surface area contributed by atoms with Crippen molar-refractivity contribution in [3.05, 3.63) is 22.8 Å². The molecule has 0 spiro atoms. The van der Waals surface area contributed by atoms with Crippen LogP contribution in [-0.4, -0.2) is 41.6 Å². The first kappa shape index (κ1) is 11.5. The van der Waals surface area contributed by atoms with Crippen molar-refractivity contribution < 1.29 is 0 Å². The van der Waals surface area contributed by atoms with Gasteiger partial charge in [-0.15, -0.1) is 0 Å². The predicted octanol–water partition coefficient (Wildman–Crippen LogP) is 2.52. The summed E-state index contributed by atoms with van der Waals surface area (Å²) in [5, 5.41) is 0. The van der Waals surface area contributed by atoms with Crippen LogP contribution in [0.3, 0.4) is 0 Å². The third kappa shape index (κ3) is 2.08. The first-order valence-corrected chi connectivity index (χ1v) is 7.16. The molecule has 1 aromatic rings. The molecule has 3 rings (SSSR count). The molecule has 0 saturated carbocycles. The van der Waals surface area contributed by atoms with Crippen LogP contribution in [0, 0.1) is 0 Å². The molecule has 0 bridgehead atoms. The topological polar surface area (TPSA) is 19.4 Å². The van der Waals surface area contributed by atoms with Gasteiger partial charge in [0.1, 0.15) is 5.82 Å². The fourth-order valence-electron chi connectivity index (χ4n) is 3.07. The summed E-state index contributed by atoms with van der Waals surface area (Å²) in [4.78, 5) is 9.62. The van der Waals surface area contributed by atoms with Gasteiger partial charge in [0, 0.05) is 31.4 Å².